The van der Waals surface area contributed by atoms with Crippen molar-refractivity contribution in [2.75, 3.05) is 39.0 Å². The van der Waals surface area contributed by atoms with E-state index in [9.17, 15) is 18.0 Å². The van der Waals surface area contributed by atoms with Crippen LogP contribution in [0, 0.1) is 0 Å². The Morgan fingerprint density at radius 1 is 1.24 bits per heavy atom. The summed E-state index contributed by atoms with van der Waals surface area (Å²) in [5, 5.41) is 2.60. The largest absolute Gasteiger partial charge is 0.463 e. The zero-order valence-electron chi connectivity index (χ0n) is 14.1. The van der Waals surface area contributed by atoms with Gasteiger partial charge in [-0.05, 0) is 0 Å². The molecule has 2 aromatic heterocycles. The SMILES string of the molecule is Cn1c(C(=O)NCC(=O)N2CCN(S(C)(=O)=O)CC2)cc2occc21. The smallest absolute Gasteiger partial charge is 0.268 e. The van der Waals surface area contributed by atoms with Crippen LogP contribution in [0.15, 0.2) is 22.8 Å². The molecule has 1 N–H and O–H groups in total. The Labute approximate surface area is 145 Å². The van der Waals surface area contributed by atoms with Crippen molar-refractivity contribution < 1.29 is 22.4 Å². The quantitative estimate of drug-likeness (QED) is 0.791. The Morgan fingerprint density at radius 2 is 1.92 bits per heavy atom. The van der Waals surface area contributed by atoms with E-state index in [0.29, 0.717) is 24.4 Å². The highest BCUT2D eigenvalue weighted by molar-refractivity contribution is 7.88. The molecule has 136 valence electrons. The number of hydrogen-bond donors (Lipinski definition) is 1. The summed E-state index contributed by atoms with van der Waals surface area (Å²) in [7, 11) is -1.49. The van der Waals surface area contributed by atoms with Crippen molar-refractivity contribution in [2.24, 2.45) is 7.05 Å². The Hall–Kier alpha value is -2.33. The molecule has 10 heteroatoms. The highest BCUT2D eigenvalue weighted by atomic mass is 32.2. The molecule has 0 aliphatic carbocycles. The maximum Gasteiger partial charge on any atom is 0.268 e. The Kier molecular flexibility index (Phi) is 4.56. The van der Waals surface area contributed by atoms with Gasteiger partial charge in [0.15, 0.2) is 5.58 Å². The van der Waals surface area contributed by atoms with Crippen molar-refractivity contribution in [3.63, 3.8) is 0 Å². The van der Waals surface area contributed by atoms with Crippen LogP contribution in [0.4, 0.5) is 0 Å². The molecule has 1 saturated heterocycles. The summed E-state index contributed by atoms with van der Waals surface area (Å²) >= 11 is 0. The first-order valence-electron chi connectivity index (χ1n) is 7.81. The highest BCUT2D eigenvalue weighted by Crippen LogP contribution is 2.19. The summed E-state index contributed by atoms with van der Waals surface area (Å²) in [5.74, 6) is -0.601. The number of nitrogens with zero attached hydrogens (tertiary/aromatic N) is 3. The van der Waals surface area contributed by atoms with E-state index in [-0.39, 0.29) is 31.4 Å². The molecule has 0 radical (unpaired) electrons. The van der Waals surface area contributed by atoms with Gasteiger partial charge in [0.25, 0.3) is 5.91 Å². The minimum Gasteiger partial charge on any atom is -0.463 e. The molecule has 3 heterocycles. The molecule has 0 aromatic carbocycles. The van der Waals surface area contributed by atoms with E-state index in [1.165, 1.54) is 4.31 Å². The number of hydrogen-bond acceptors (Lipinski definition) is 5. The molecule has 0 spiro atoms. The van der Waals surface area contributed by atoms with Crippen LogP contribution in [-0.2, 0) is 21.9 Å². The average molecular weight is 368 g/mol. The first kappa shape index (κ1) is 17.5. The number of amides is 2. The number of fused-ring (bicyclic) bond motifs is 1. The number of aromatic nitrogens is 1. The summed E-state index contributed by atoms with van der Waals surface area (Å²) in [6.45, 7) is 1.04. The molecule has 0 atom stereocenters. The van der Waals surface area contributed by atoms with Gasteiger partial charge in [0, 0.05) is 45.4 Å². The van der Waals surface area contributed by atoms with E-state index in [2.05, 4.69) is 5.32 Å². The van der Waals surface area contributed by atoms with Crippen molar-refractivity contribution >= 4 is 32.9 Å². The fourth-order valence-electron chi connectivity index (χ4n) is 2.90. The number of rotatable bonds is 4. The molecular weight excluding hydrogens is 348 g/mol. The second-order valence-corrected chi connectivity index (χ2v) is 7.97. The standard InChI is InChI=1S/C15H20N4O5S/c1-17-11-3-8-24-13(11)9-12(17)15(21)16-10-14(20)18-4-6-19(7-5-18)25(2,22)23/h3,8-9H,4-7,10H2,1-2H3,(H,16,21). The number of nitrogens with one attached hydrogen (secondary N) is 1. The molecule has 3 rings (SSSR count). The molecule has 1 aliphatic rings. The van der Waals surface area contributed by atoms with E-state index < -0.39 is 10.0 Å². The van der Waals surface area contributed by atoms with Gasteiger partial charge in [-0.25, -0.2) is 8.42 Å². The van der Waals surface area contributed by atoms with E-state index in [1.807, 2.05) is 0 Å². The lowest BCUT2D eigenvalue weighted by Gasteiger charge is -2.33. The number of piperazine rings is 1. The second kappa shape index (κ2) is 6.52. The minimum atomic E-state index is -3.23. The maximum absolute atomic E-state index is 12.3. The second-order valence-electron chi connectivity index (χ2n) is 5.98. The average Bonchev–Trinajstić information content (AvgIpc) is 3.15. The lowest BCUT2D eigenvalue weighted by molar-refractivity contribution is -0.131. The Bertz CT molecular complexity index is 906. The molecule has 2 aromatic rings. The van der Waals surface area contributed by atoms with Crippen molar-refractivity contribution in [1.82, 2.24) is 19.1 Å². The predicted octanol–water partition coefficient (Wildman–Crippen LogP) is -0.395. The fraction of sp³-hybridized carbons (Fsp3) is 0.467. The van der Waals surface area contributed by atoms with Crippen LogP contribution in [0.3, 0.4) is 0 Å². The lowest BCUT2D eigenvalue weighted by Crippen LogP contribution is -2.52. The topological polar surface area (TPSA) is 105 Å². The van der Waals surface area contributed by atoms with Gasteiger partial charge in [-0.15, -0.1) is 0 Å². The van der Waals surface area contributed by atoms with Gasteiger partial charge in [-0.1, -0.05) is 0 Å². The number of carbonyl (C=O) groups excluding carboxylic acids is 2. The summed E-state index contributed by atoms with van der Waals surface area (Å²) in [6.07, 6.45) is 2.70. The van der Waals surface area contributed by atoms with Gasteiger partial charge in [0.1, 0.15) is 5.69 Å². The van der Waals surface area contributed by atoms with Crippen LogP contribution in [0.5, 0.6) is 0 Å². The zero-order valence-corrected chi connectivity index (χ0v) is 14.9. The van der Waals surface area contributed by atoms with Crippen LogP contribution >= 0.6 is 0 Å². The van der Waals surface area contributed by atoms with E-state index in [1.54, 1.807) is 34.9 Å². The number of furan rings is 1. The Balaban J connectivity index is 1.55. The molecule has 1 aliphatic heterocycles. The fourth-order valence-corrected chi connectivity index (χ4v) is 3.72. The van der Waals surface area contributed by atoms with Crippen LogP contribution in [0.25, 0.3) is 11.1 Å². The normalized spacial score (nSPS) is 16.3. The molecule has 0 unspecified atom stereocenters. The lowest BCUT2D eigenvalue weighted by atomic mass is 10.3. The molecule has 25 heavy (non-hydrogen) atoms. The Morgan fingerprint density at radius 3 is 2.52 bits per heavy atom. The van der Waals surface area contributed by atoms with Crippen LogP contribution in [-0.4, -0.2) is 73.0 Å². The van der Waals surface area contributed by atoms with Gasteiger partial charge < -0.3 is 19.2 Å². The summed E-state index contributed by atoms with van der Waals surface area (Å²) in [4.78, 5) is 26.0. The monoisotopic (exact) mass is 368 g/mol. The number of sulfonamides is 1. The van der Waals surface area contributed by atoms with Crippen molar-refractivity contribution in [3.05, 3.63) is 24.1 Å². The molecule has 9 nitrogen and oxygen atoms in total. The zero-order chi connectivity index (χ0) is 18.2. The summed E-state index contributed by atoms with van der Waals surface area (Å²) in [5.41, 5.74) is 1.81. The summed E-state index contributed by atoms with van der Waals surface area (Å²) in [6, 6.07) is 3.39. The first-order valence-corrected chi connectivity index (χ1v) is 9.66. The molecule has 2 amide bonds. The predicted molar refractivity (Wildman–Crippen MR) is 90.5 cm³/mol. The highest BCUT2D eigenvalue weighted by Gasteiger charge is 2.26. The molecule has 1 fully saturated rings. The maximum atomic E-state index is 12.3. The molecule has 0 bridgehead atoms. The van der Waals surface area contributed by atoms with Crippen molar-refractivity contribution in [1.29, 1.82) is 0 Å². The van der Waals surface area contributed by atoms with Gasteiger partial charge in [0.2, 0.25) is 15.9 Å². The van der Waals surface area contributed by atoms with Crippen LogP contribution in [0.2, 0.25) is 0 Å². The van der Waals surface area contributed by atoms with Gasteiger partial charge >= 0.3 is 0 Å². The number of aryl methyl sites for hydroxylation is 1. The third-order valence-corrected chi connectivity index (χ3v) is 5.66. The van der Waals surface area contributed by atoms with Crippen molar-refractivity contribution in [2.45, 2.75) is 0 Å². The minimum absolute atomic E-state index is 0.135. The van der Waals surface area contributed by atoms with Crippen LogP contribution < -0.4 is 5.32 Å². The van der Waals surface area contributed by atoms with E-state index >= 15 is 0 Å². The summed E-state index contributed by atoms with van der Waals surface area (Å²) < 4.78 is 31.2. The molecular formula is C15H20N4O5S. The van der Waals surface area contributed by atoms with Crippen molar-refractivity contribution in [3.8, 4) is 0 Å². The van der Waals surface area contributed by atoms with Gasteiger partial charge in [-0.2, -0.15) is 4.31 Å². The number of carbonyl (C=O) groups is 2. The third-order valence-electron chi connectivity index (χ3n) is 4.36. The molecule has 0 saturated carbocycles. The van der Waals surface area contributed by atoms with Crippen LogP contribution in [0.1, 0.15) is 10.5 Å². The van der Waals surface area contributed by atoms with E-state index in [0.717, 1.165) is 11.8 Å². The van der Waals surface area contributed by atoms with Gasteiger partial charge in [-0.3, -0.25) is 9.59 Å². The van der Waals surface area contributed by atoms with Gasteiger partial charge in [0.05, 0.1) is 24.6 Å². The van der Waals surface area contributed by atoms with E-state index in [4.69, 9.17) is 4.42 Å². The third kappa shape index (κ3) is 3.54. The first-order chi connectivity index (χ1) is 11.8.